The highest BCUT2D eigenvalue weighted by molar-refractivity contribution is 5.73. The van der Waals surface area contributed by atoms with Gasteiger partial charge in [0.25, 0.3) is 0 Å². The van der Waals surface area contributed by atoms with Gasteiger partial charge in [0.15, 0.2) is 0 Å². The van der Waals surface area contributed by atoms with Gasteiger partial charge in [-0.15, -0.1) is 6.58 Å². The SMILES string of the molecule is C=CCOCc1ccc(-c2ccc(-c3ccccc3)cc2)c(C2CCC(/C=C/CC)CC2)c1F. The molecular formula is C32H35FO. The zero-order chi connectivity index (χ0) is 23.8. The number of rotatable bonds is 9. The molecule has 34 heavy (non-hydrogen) atoms. The Labute approximate surface area is 204 Å². The lowest BCUT2D eigenvalue weighted by Gasteiger charge is -2.29. The maximum atomic E-state index is 16.0. The van der Waals surface area contributed by atoms with Gasteiger partial charge in [0, 0.05) is 5.56 Å². The molecule has 1 nitrogen and oxygen atoms in total. The summed E-state index contributed by atoms with van der Waals surface area (Å²) < 4.78 is 21.6. The number of hydrogen-bond acceptors (Lipinski definition) is 1. The summed E-state index contributed by atoms with van der Waals surface area (Å²) in [6, 6.07) is 22.9. The fraction of sp³-hybridized carbons (Fsp3) is 0.312. The standard InChI is InChI=1S/C32H35FO/c1-3-5-9-24-12-14-28(15-13-24)31-30(21-20-29(32(31)33)23-34-22-4-2)27-18-16-26(17-19-27)25-10-7-6-8-11-25/h4-11,16-21,24,28H,2-3,12-15,22-23H2,1H3/b9-5+. The number of halogens is 1. The lowest BCUT2D eigenvalue weighted by Crippen LogP contribution is -2.15. The minimum absolute atomic E-state index is 0.0961. The Bertz CT molecular complexity index is 1090. The van der Waals surface area contributed by atoms with Crippen LogP contribution in [-0.2, 0) is 11.3 Å². The second-order valence-electron chi connectivity index (χ2n) is 9.20. The summed E-state index contributed by atoms with van der Waals surface area (Å²) >= 11 is 0. The van der Waals surface area contributed by atoms with E-state index in [1.165, 1.54) is 11.1 Å². The van der Waals surface area contributed by atoms with Gasteiger partial charge in [-0.25, -0.2) is 4.39 Å². The molecule has 0 aromatic heterocycles. The first-order chi connectivity index (χ1) is 16.7. The molecule has 3 aromatic rings. The summed E-state index contributed by atoms with van der Waals surface area (Å²) in [6.07, 6.45) is 11.7. The van der Waals surface area contributed by atoms with E-state index in [1.54, 1.807) is 6.08 Å². The minimum Gasteiger partial charge on any atom is -0.373 e. The van der Waals surface area contributed by atoms with Crippen molar-refractivity contribution < 1.29 is 9.13 Å². The van der Waals surface area contributed by atoms with Crippen molar-refractivity contribution >= 4 is 0 Å². The van der Waals surface area contributed by atoms with E-state index < -0.39 is 0 Å². The molecule has 0 atom stereocenters. The van der Waals surface area contributed by atoms with Crippen LogP contribution >= 0.6 is 0 Å². The van der Waals surface area contributed by atoms with E-state index in [2.05, 4.69) is 80.3 Å². The molecule has 176 valence electrons. The lowest BCUT2D eigenvalue weighted by atomic mass is 9.76. The summed E-state index contributed by atoms with van der Waals surface area (Å²) in [5, 5.41) is 0. The van der Waals surface area contributed by atoms with Crippen LogP contribution in [0.1, 0.15) is 56.1 Å². The van der Waals surface area contributed by atoms with Gasteiger partial charge in [0.1, 0.15) is 5.82 Å². The summed E-state index contributed by atoms with van der Waals surface area (Å²) in [7, 11) is 0. The van der Waals surface area contributed by atoms with E-state index in [9.17, 15) is 0 Å². The van der Waals surface area contributed by atoms with Crippen molar-refractivity contribution in [2.75, 3.05) is 6.61 Å². The van der Waals surface area contributed by atoms with Gasteiger partial charge in [0.2, 0.25) is 0 Å². The molecule has 2 heteroatoms. The van der Waals surface area contributed by atoms with Crippen molar-refractivity contribution in [2.45, 2.75) is 51.6 Å². The highest BCUT2D eigenvalue weighted by Crippen LogP contribution is 2.42. The Hall–Kier alpha value is -2.97. The Morgan fingerprint density at radius 1 is 0.882 bits per heavy atom. The van der Waals surface area contributed by atoms with E-state index in [4.69, 9.17) is 4.74 Å². The molecule has 0 heterocycles. The highest BCUT2D eigenvalue weighted by atomic mass is 19.1. The van der Waals surface area contributed by atoms with Gasteiger partial charge in [-0.2, -0.15) is 0 Å². The van der Waals surface area contributed by atoms with Crippen molar-refractivity contribution in [1.29, 1.82) is 0 Å². The predicted octanol–water partition coefficient (Wildman–Crippen LogP) is 9.10. The van der Waals surface area contributed by atoms with Crippen LogP contribution in [0.2, 0.25) is 0 Å². The molecule has 4 rings (SSSR count). The van der Waals surface area contributed by atoms with Crippen molar-refractivity contribution in [3.05, 3.63) is 108 Å². The summed E-state index contributed by atoms with van der Waals surface area (Å²) in [5.74, 6) is 0.752. The average Bonchev–Trinajstić information content (AvgIpc) is 2.89. The van der Waals surface area contributed by atoms with Crippen LogP contribution in [0.25, 0.3) is 22.3 Å². The molecule has 1 aliphatic carbocycles. The third-order valence-electron chi connectivity index (χ3n) is 6.88. The molecule has 0 radical (unpaired) electrons. The monoisotopic (exact) mass is 454 g/mol. The molecular weight excluding hydrogens is 419 g/mol. The van der Waals surface area contributed by atoms with Crippen molar-refractivity contribution in [3.63, 3.8) is 0 Å². The Balaban J connectivity index is 1.65. The topological polar surface area (TPSA) is 9.23 Å². The normalized spacial score (nSPS) is 18.3. The lowest BCUT2D eigenvalue weighted by molar-refractivity contribution is 0.146. The summed E-state index contributed by atoms with van der Waals surface area (Å²) in [4.78, 5) is 0. The fourth-order valence-electron chi connectivity index (χ4n) is 5.05. The number of hydrogen-bond donors (Lipinski definition) is 0. The number of allylic oxidation sites excluding steroid dienone is 2. The zero-order valence-corrected chi connectivity index (χ0v) is 20.2. The maximum Gasteiger partial charge on any atom is 0.132 e. The molecule has 0 saturated heterocycles. The first kappa shape index (κ1) is 24.2. The predicted molar refractivity (Wildman–Crippen MR) is 141 cm³/mol. The van der Waals surface area contributed by atoms with Gasteiger partial charge in [-0.3, -0.25) is 0 Å². The molecule has 1 aliphatic rings. The van der Waals surface area contributed by atoms with Crippen LogP contribution in [0.15, 0.2) is 91.5 Å². The van der Waals surface area contributed by atoms with Crippen LogP contribution in [0, 0.1) is 11.7 Å². The Morgan fingerprint density at radius 2 is 1.56 bits per heavy atom. The summed E-state index contributed by atoms with van der Waals surface area (Å²) in [6.45, 7) is 6.56. The number of benzene rings is 3. The van der Waals surface area contributed by atoms with Gasteiger partial charge in [0.05, 0.1) is 13.2 Å². The van der Waals surface area contributed by atoms with Crippen LogP contribution in [0.3, 0.4) is 0 Å². The van der Waals surface area contributed by atoms with Crippen molar-refractivity contribution in [1.82, 2.24) is 0 Å². The third kappa shape index (κ3) is 5.74. The molecule has 0 bridgehead atoms. The van der Waals surface area contributed by atoms with Crippen LogP contribution < -0.4 is 0 Å². The average molecular weight is 455 g/mol. The van der Waals surface area contributed by atoms with Crippen LogP contribution in [0.4, 0.5) is 4.39 Å². The van der Waals surface area contributed by atoms with Gasteiger partial charge in [-0.1, -0.05) is 91.9 Å². The van der Waals surface area contributed by atoms with Crippen LogP contribution in [0.5, 0.6) is 0 Å². The van der Waals surface area contributed by atoms with Crippen molar-refractivity contribution in [3.8, 4) is 22.3 Å². The van der Waals surface area contributed by atoms with E-state index >= 15 is 4.39 Å². The van der Waals surface area contributed by atoms with Gasteiger partial charge < -0.3 is 4.74 Å². The molecule has 3 aromatic carbocycles. The Morgan fingerprint density at radius 3 is 2.24 bits per heavy atom. The first-order valence-corrected chi connectivity index (χ1v) is 12.5. The third-order valence-corrected chi connectivity index (χ3v) is 6.88. The maximum absolute atomic E-state index is 16.0. The quantitative estimate of drug-likeness (QED) is 0.231. The largest absolute Gasteiger partial charge is 0.373 e. The molecule has 0 spiro atoms. The first-order valence-electron chi connectivity index (χ1n) is 12.5. The Kier molecular flexibility index (Phi) is 8.49. The van der Waals surface area contributed by atoms with Crippen LogP contribution in [-0.4, -0.2) is 6.61 Å². The molecule has 1 saturated carbocycles. The zero-order valence-electron chi connectivity index (χ0n) is 20.2. The summed E-state index contributed by atoms with van der Waals surface area (Å²) in [5.41, 5.74) is 5.94. The highest BCUT2D eigenvalue weighted by Gasteiger charge is 2.27. The molecule has 1 fully saturated rings. The van der Waals surface area contributed by atoms with E-state index in [0.29, 0.717) is 18.1 Å². The molecule has 0 amide bonds. The minimum atomic E-state index is -0.0961. The van der Waals surface area contributed by atoms with Gasteiger partial charge in [-0.05, 0) is 71.8 Å². The molecule has 0 aliphatic heterocycles. The van der Waals surface area contributed by atoms with E-state index in [-0.39, 0.29) is 18.3 Å². The second kappa shape index (κ2) is 11.9. The second-order valence-corrected chi connectivity index (χ2v) is 9.20. The van der Waals surface area contributed by atoms with E-state index in [1.807, 2.05) is 12.1 Å². The smallest absolute Gasteiger partial charge is 0.132 e. The number of ether oxygens (including phenoxy) is 1. The van der Waals surface area contributed by atoms with E-state index in [0.717, 1.165) is 48.8 Å². The van der Waals surface area contributed by atoms with Crippen molar-refractivity contribution in [2.24, 2.45) is 5.92 Å². The fourth-order valence-corrected chi connectivity index (χ4v) is 5.05. The molecule has 0 N–H and O–H groups in total. The van der Waals surface area contributed by atoms with Gasteiger partial charge >= 0.3 is 0 Å². The molecule has 0 unspecified atom stereocenters.